The highest BCUT2D eigenvalue weighted by atomic mass is 32.2. The van der Waals surface area contributed by atoms with Crippen LogP contribution in [0.2, 0.25) is 0 Å². The van der Waals surface area contributed by atoms with Gasteiger partial charge >= 0.3 is 0 Å². The van der Waals surface area contributed by atoms with E-state index in [4.69, 9.17) is 0 Å². The molecule has 0 atom stereocenters. The SMILES string of the molecule is CC(C)c1[nH]nc2ncc(C(=O)NC3(C)CS(=O)(=O)C3)cc12. The number of H-pyrrole nitrogens is 1. The lowest BCUT2D eigenvalue weighted by Crippen LogP contribution is -2.63. The van der Waals surface area contributed by atoms with Crippen molar-refractivity contribution in [3.05, 3.63) is 23.5 Å². The largest absolute Gasteiger partial charge is 0.345 e. The molecule has 3 rings (SSSR count). The molecule has 1 aliphatic rings. The smallest absolute Gasteiger partial charge is 0.253 e. The number of sulfone groups is 1. The second kappa shape index (κ2) is 4.77. The molecular weight excluding hydrogens is 304 g/mol. The maximum Gasteiger partial charge on any atom is 0.253 e. The van der Waals surface area contributed by atoms with Crippen molar-refractivity contribution in [2.75, 3.05) is 11.5 Å². The van der Waals surface area contributed by atoms with E-state index >= 15 is 0 Å². The van der Waals surface area contributed by atoms with Gasteiger partial charge in [0, 0.05) is 17.3 Å². The molecule has 118 valence electrons. The van der Waals surface area contributed by atoms with Crippen LogP contribution in [-0.4, -0.2) is 46.6 Å². The van der Waals surface area contributed by atoms with Crippen LogP contribution in [0.4, 0.5) is 0 Å². The number of fused-ring (bicyclic) bond motifs is 1. The Kier molecular flexibility index (Phi) is 3.24. The first-order valence-corrected chi connectivity index (χ1v) is 8.88. The highest BCUT2D eigenvalue weighted by Gasteiger charge is 2.45. The lowest BCUT2D eigenvalue weighted by molar-refractivity contribution is 0.0917. The zero-order valence-corrected chi connectivity index (χ0v) is 13.5. The molecule has 1 saturated heterocycles. The normalized spacial score (nSPS) is 19.1. The molecule has 0 aliphatic carbocycles. The number of amides is 1. The molecule has 0 aromatic carbocycles. The summed E-state index contributed by atoms with van der Waals surface area (Å²) in [4.78, 5) is 16.5. The van der Waals surface area contributed by atoms with Gasteiger partial charge in [-0.05, 0) is 18.9 Å². The van der Waals surface area contributed by atoms with E-state index in [2.05, 4.69) is 20.5 Å². The van der Waals surface area contributed by atoms with E-state index in [0.717, 1.165) is 11.1 Å². The molecule has 2 aromatic rings. The minimum absolute atomic E-state index is 0.0234. The van der Waals surface area contributed by atoms with Crippen LogP contribution in [0.25, 0.3) is 11.0 Å². The van der Waals surface area contributed by atoms with Crippen molar-refractivity contribution in [1.82, 2.24) is 20.5 Å². The fraction of sp³-hybridized carbons (Fsp3) is 0.500. The predicted molar refractivity (Wildman–Crippen MR) is 82.5 cm³/mol. The predicted octanol–water partition coefficient (Wildman–Crippen LogP) is 0.998. The monoisotopic (exact) mass is 322 g/mol. The lowest BCUT2D eigenvalue weighted by atomic mass is 10.0. The maximum absolute atomic E-state index is 12.3. The summed E-state index contributed by atoms with van der Waals surface area (Å²) in [7, 11) is -3.01. The summed E-state index contributed by atoms with van der Waals surface area (Å²) >= 11 is 0. The van der Waals surface area contributed by atoms with Crippen LogP contribution in [0.15, 0.2) is 12.3 Å². The molecule has 0 bridgehead atoms. The number of aromatic nitrogens is 3. The number of rotatable bonds is 3. The third kappa shape index (κ3) is 2.58. The van der Waals surface area contributed by atoms with Gasteiger partial charge in [-0.1, -0.05) is 13.8 Å². The molecule has 2 N–H and O–H groups in total. The number of aromatic amines is 1. The minimum Gasteiger partial charge on any atom is -0.345 e. The first-order valence-electron chi connectivity index (χ1n) is 7.06. The van der Waals surface area contributed by atoms with Crippen molar-refractivity contribution in [1.29, 1.82) is 0 Å². The number of pyridine rings is 1. The number of carbonyl (C=O) groups is 1. The Balaban J connectivity index is 1.87. The molecule has 0 spiro atoms. The van der Waals surface area contributed by atoms with Gasteiger partial charge in [0.1, 0.15) is 0 Å². The molecule has 8 heteroatoms. The van der Waals surface area contributed by atoms with Crippen molar-refractivity contribution in [3.8, 4) is 0 Å². The second-order valence-corrected chi connectivity index (χ2v) is 8.50. The average Bonchev–Trinajstić information content (AvgIpc) is 2.78. The van der Waals surface area contributed by atoms with E-state index in [0.29, 0.717) is 11.2 Å². The Hall–Kier alpha value is -1.96. The van der Waals surface area contributed by atoms with Gasteiger partial charge in [-0.3, -0.25) is 9.89 Å². The van der Waals surface area contributed by atoms with Crippen molar-refractivity contribution in [3.63, 3.8) is 0 Å². The third-order valence-electron chi connectivity index (χ3n) is 3.77. The molecule has 2 aromatic heterocycles. The van der Waals surface area contributed by atoms with E-state index < -0.39 is 15.4 Å². The summed E-state index contributed by atoms with van der Waals surface area (Å²) in [6, 6.07) is 1.74. The number of hydrogen-bond acceptors (Lipinski definition) is 5. The summed E-state index contributed by atoms with van der Waals surface area (Å²) in [5, 5.41) is 10.6. The molecule has 3 heterocycles. The summed E-state index contributed by atoms with van der Waals surface area (Å²) in [5.74, 6) is -0.128. The third-order valence-corrected chi connectivity index (χ3v) is 5.92. The summed E-state index contributed by atoms with van der Waals surface area (Å²) in [6.07, 6.45) is 1.46. The lowest BCUT2D eigenvalue weighted by Gasteiger charge is -2.38. The standard InChI is InChI=1S/C14H18N4O3S/c1-8(2)11-10-4-9(5-15-12(10)18-17-11)13(19)16-14(3)6-22(20,21)7-14/h4-5,8H,6-7H2,1-3H3,(H,16,19)(H,15,17,18). The number of nitrogens with zero attached hydrogens (tertiary/aromatic N) is 2. The molecule has 1 fully saturated rings. The van der Waals surface area contributed by atoms with E-state index in [-0.39, 0.29) is 23.3 Å². The number of hydrogen-bond donors (Lipinski definition) is 2. The zero-order chi connectivity index (χ0) is 16.1. The van der Waals surface area contributed by atoms with Crippen LogP contribution >= 0.6 is 0 Å². The fourth-order valence-corrected chi connectivity index (χ4v) is 4.83. The highest BCUT2D eigenvalue weighted by molar-refractivity contribution is 7.93. The molecular formula is C14H18N4O3S. The van der Waals surface area contributed by atoms with Crippen LogP contribution in [0.5, 0.6) is 0 Å². The molecule has 0 radical (unpaired) electrons. The van der Waals surface area contributed by atoms with Gasteiger partial charge in [0.25, 0.3) is 5.91 Å². The van der Waals surface area contributed by atoms with Crippen LogP contribution in [0, 0.1) is 0 Å². The van der Waals surface area contributed by atoms with Gasteiger partial charge in [0.2, 0.25) is 0 Å². The molecule has 1 amide bonds. The quantitative estimate of drug-likeness (QED) is 0.877. The maximum atomic E-state index is 12.3. The van der Waals surface area contributed by atoms with Crippen LogP contribution < -0.4 is 5.32 Å². The minimum atomic E-state index is -3.01. The Morgan fingerprint density at radius 2 is 2.09 bits per heavy atom. The Labute approximate surface area is 128 Å². The van der Waals surface area contributed by atoms with Crippen LogP contribution in [0.3, 0.4) is 0 Å². The molecule has 22 heavy (non-hydrogen) atoms. The van der Waals surface area contributed by atoms with E-state index in [1.807, 2.05) is 13.8 Å². The zero-order valence-electron chi connectivity index (χ0n) is 12.7. The van der Waals surface area contributed by atoms with Gasteiger partial charge in [-0.2, -0.15) is 5.10 Å². The van der Waals surface area contributed by atoms with Crippen LogP contribution in [-0.2, 0) is 9.84 Å². The van der Waals surface area contributed by atoms with Crippen molar-refractivity contribution in [2.24, 2.45) is 0 Å². The van der Waals surface area contributed by atoms with Gasteiger partial charge in [-0.25, -0.2) is 13.4 Å². The van der Waals surface area contributed by atoms with Crippen molar-refractivity contribution in [2.45, 2.75) is 32.2 Å². The molecule has 0 saturated carbocycles. The topological polar surface area (TPSA) is 105 Å². The molecule has 0 unspecified atom stereocenters. The second-order valence-electron chi connectivity index (χ2n) is 6.43. The van der Waals surface area contributed by atoms with Crippen molar-refractivity contribution >= 4 is 26.8 Å². The highest BCUT2D eigenvalue weighted by Crippen LogP contribution is 2.25. The Morgan fingerprint density at radius 1 is 1.41 bits per heavy atom. The van der Waals surface area contributed by atoms with Gasteiger partial charge in [0.15, 0.2) is 15.5 Å². The van der Waals surface area contributed by atoms with Gasteiger partial charge in [-0.15, -0.1) is 0 Å². The van der Waals surface area contributed by atoms with Crippen LogP contribution in [0.1, 0.15) is 42.7 Å². The van der Waals surface area contributed by atoms with Gasteiger partial charge < -0.3 is 5.32 Å². The first kappa shape index (κ1) is 15.0. The summed E-state index contributed by atoms with van der Waals surface area (Å²) in [5.41, 5.74) is 1.20. The molecule has 7 nitrogen and oxygen atoms in total. The Morgan fingerprint density at radius 3 is 2.68 bits per heavy atom. The first-order chi connectivity index (χ1) is 10.2. The van der Waals surface area contributed by atoms with Gasteiger partial charge in [0.05, 0.1) is 22.6 Å². The average molecular weight is 322 g/mol. The van der Waals surface area contributed by atoms with E-state index in [1.54, 1.807) is 13.0 Å². The Bertz CT molecular complexity index is 842. The fourth-order valence-electron chi connectivity index (χ4n) is 2.83. The summed E-state index contributed by atoms with van der Waals surface area (Å²) in [6.45, 7) is 5.79. The summed E-state index contributed by atoms with van der Waals surface area (Å²) < 4.78 is 22.6. The molecule has 1 aliphatic heterocycles. The van der Waals surface area contributed by atoms with E-state index in [9.17, 15) is 13.2 Å². The van der Waals surface area contributed by atoms with Crippen molar-refractivity contribution < 1.29 is 13.2 Å². The van der Waals surface area contributed by atoms with E-state index in [1.165, 1.54) is 6.20 Å². The number of carbonyl (C=O) groups excluding carboxylic acids is 1. The number of nitrogens with one attached hydrogen (secondary N) is 2.